The number of aromatic nitrogens is 2. The molecule has 0 N–H and O–H groups in total. The van der Waals surface area contributed by atoms with Gasteiger partial charge in [0.25, 0.3) is 0 Å². The van der Waals surface area contributed by atoms with Crippen molar-refractivity contribution in [1.82, 2.24) is 19.8 Å². The zero-order chi connectivity index (χ0) is 22.9. The Balaban J connectivity index is 1.36. The first kappa shape index (κ1) is 21.8. The molecule has 2 fully saturated rings. The molecular weight excluding hydrogens is 418 g/mol. The third-order valence-corrected chi connectivity index (χ3v) is 7.05. The van der Waals surface area contributed by atoms with E-state index >= 15 is 0 Å². The molecule has 0 saturated carbocycles. The Kier molecular flexibility index (Phi) is 6.01. The van der Waals surface area contributed by atoms with Crippen LogP contribution in [0.2, 0.25) is 0 Å². The molecule has 33 heavy (non-hydrogen) atoms. The summed E-state index contributed by atoms with van der Waals surface area (Å²) in [5.41, 5.74) is 2.74. The first-order chi connectivity index (χ1) is 16.0. The summed E-state index contributed by atoms with van der Waals surface area (Å²) in [5, 5.41) is 0. The zero-order valence-electron chi connectivity index (χ0n) is 19.4. The van der Waals surface area contributed by atoms with E-state index in [-0.39, 0.29) is 17.7 Å². The molecule has 8 nitrogen and oxygen atoms in total. The van der Waals surface area contributed by atoms with Gasteiger partial charge in [-0.15, -0.1) is 0 Å². The number of benzene rings is 1. The molecule has 0 aliphatic carbocycles. The number of piperidine rings is 1. The number of nitrogens with zero attached hydrogens (tertiary/aromatic N) is 5. The number of para-hydroxylation sites is 1. The number of fused-ring (bicyclic) bond motifs is 1. The van der Waals surface area contributed by atoms with Crippen LogP contribution in [0.1, 0.15) is 47.8 Å². The van der Waals surface area contributed by atoms with E-state index in [2.05, 4.69) is 4.90 Å². The summed E-state index contributed by atoms with van der Waals surface area (Å²) in [5.74, 6) is 2.70. The summed E-state index contributed by atoms with van der Waals surface area (Å²) in [7, 11) is 1.64. The minimum absolute atomic E-state index is 0.0378. The Labute approximate surface area is 194 Å². The number of ether oxygens (including phenoxy) is 1. The lowest BCUT2D eigenvalue weighted by Gasteiger charge is -2.36. The van der Waals surface area contributed by atoms with Gasteiger partial charge in [0, 0.05) is 42.4 Å². The number of methoxy groups -OCH3 is 1. The molecule has 174 valence electrons. The number of carbonyl (C=O) groups is 2. The van der Waals surface area contributed by atoms with Gasteiger partial charge in [0.2, 0.25) is 11.8 Å². The van der Waals surface area contributed by atoms with Crippen molar-refractivity contribution >= 4 is 17.6 Å². The van der Waals surface area contributed by atoms with Crippen molar-refractivity contribution in [2.24, 2.45) is 0 Å². The molecule has 0 bridgehead atoms. The van der Waals surface area contributed by atoms with E-state index in [0.29, 0.717) is 19.5 Å². The number of rotatable bonds is 6. The van der Waals surface area contributed by atoms with E-state index in [1.54, 1.807) is 12.0 Å². The fourth-order valence-electron chi connectivity index (χ4n) is 5.01. The number of likely N-dealkylation sites (tertiary alicyclic amines) is 2. The Morgan fingerprint density at radius 1 is 1.15 bits per heavy atom. The summed E-state index contributed by atoms with van der Waals surface area (Å²) in [6, 6.07) is 7.76. The Morgan fingerprint density at radius 2 is 1.97 bits per heavy atom. The highest BCUT2D eigenvalue weighted by Crippen LogP contribution is 2.34. The van der Waals surface area contributed by atoms with Crippen molar-refractivity contribution in [3.05, 3.63) is 46.9 Å². The van der Waals surface area contributed by atoms with Crippen LogP contribution in [-0.2, 0) is 22.6 Å². The van der Waals surface area contributed by atoms with E-state index < -0.39 is 0 Å². The first-order valence-electron chi connectivity index (χ1n) is 11.8. The van der Waals surface area contributed by atoms with Crippen LogP contribution in [0.4, 0.5) is 5.82 Å². The van der Waals surface area contributed by atoms with E-state index in [4.69, 9.17) is 14.7 Å². The quantitative estimate of drug-likeness (QED) is 0.673. The van der Waals surface area contributed by atoms with Crippen molar-refractivity contribution in [3.8, 4) is 5.75 Å². The predicted molar refractivity (Wildman–Crippen MR) is 124 cm³/mol. The molecule has 4 heterocycles. The number of aryl methyl sites for hydroxylation is 1. The largest absolute Gasteiger partial charge is 0.496 e. The number of anilines is 1. The lowest BCUT2D eigenvalue weighted by atomic mass is 9.96. The standard InChI is InChI=1S/C25H31N5O3/c1-17-20-13-22(31)30(15-18-7-3-4-9-21(18)33-2)25(20)27-24(26-17)19-8-5-10-28(14-19)16-23(32)29-11-6-12-29/h3-4,7,9,19H,5-6,8,10-16H2,1-2H3. The van der Waals surface area contributed by atoms with Gasteiger partial charge < -0.3 is 9.64 Å². The molecular formula is C25H31N5O3. The molecule has 1 unspecified atom stereocenters. The van der Waals surface area contributed by atoms with Gasteiger partial charge >= 0.3 is 0 Å². The fourth-order valence-corrected chi connectivity index (χ4v) is 5.01. The van der Waals surface area contributed by atoms with E-state index in [9.17, 15) is 9.59 Å². The highest BCUT2D eigenvalue weighted by Gasteiger charge is 2.34. The summed E-state index contributed by atoms with van der Waals surface area (Å²) >= 11 is 0. The summed E-state index contributed by atoms with van der Waals surface area (Å²) in [6.45, 7) is 6.35. The first-order valence-corrected chi connectivity index (χ1v) is 11.8. The topological polar surface area (TPSA) is 78.9 Å². The number of hydrogen-bond acceptors (Lipinski definition) is 6. The average Bonchev–Trinajstić information content (AvgIpc) is 3.09. The van der Waals surface area contributed by atoms with Gasteiger partial charge in [-0.25, -0.2) is 9.97 Å². The maximum Gasteiger partial charge on any atom is 0.236 e. The van der Waals surface area contributed by atoms with E-state index in [0.717, 1.165) is 79.7 Å². The maximum absolute atomic E-state index is 12.9. The fraction of sp³-hybridized carbons (Fsp3) is 0.520. The average molecular weight is 450 g/mol. The van der Waals surface area contributed by atoms with Gasteiger partial charge in [0.05, 0.1) is 26.6 Å². The number of hydrogen-bond donors (Lipinski definition) is 0. The molecule has 3 aliphatic heterocycles. The molecule has 1 aromatic heterocycles. The molecule has 1 aromatic carbocycles. The van der Waals surface area contributed by atoms with Crippen molar-refractivity contribution in [3.63, 3.8) is 0 Å². The highest BCUT2D eigenvalue weighted by molar-refractivity contribution is 6.00. The van der Waals surface area contributed by atoms with Crippen LogP contribution in [0.5, 0.6) is 5.75 Å². The minimum atomic E-state index is 0.0378. The van der Waals surface area contributed by atoms with Gasteiger partial charge in [0.15, 0.2) is 0 Å². The minimum Gasteiger partial charge on any atom is -0.496 e. The lowest BCUT2D eigenvalue weighted by Crippen LogP contribution is -2.48. The summed E-state index contributed by atoms with van der Waals surface area (Å²) < 4.78 is 5.49. The van der Waals surface area contributed by atoms with Gasteiger partial charge in [0.1, 0.15) is 17.4 Å². The van der Waals surface area contributed by atoms with Crippen LogP contribution in [0.3, 0.4) is 0 Å². The van der Waals surface area contributed by atoms with Crippen LogP contribution >= 0.6 is 0 Å². The lowest BCUT2D eigenvalue weighted by molar-refractivity contribution is -0.136. The molecule has 2 aromatic rings. The number of carbonyl (C=O) groups excluding carboxylic acids is 2. The molecule has 0 spiro atoms. The predicted octanol–water partition coefficient (Wildman–Crippen LogP) is 2.29. The molecule has 3 aliphatic rings. The summed E-state index contributed by atoms with van der Waals surface area (Å²) in [6.07, 6.45) is 3.45. The van der Waals surface area contributed by atoms with Gasteiger partial charge in [-0.3, -0.25) is 19.4 Å². The van der Waals surface area contributed by atoms with Gasteiger partial charge in [-0.2, -0.15) is 0 Å². The Morgan fingerprint density at radius 3 is 2.73 bits per heavy atom. The summed E-state index contributed by atoms with van der Waals surface area (Å²) in [4.78, 5) is 41.0. The van der Waals surface area contributed by atoms with Crippen molar-refractivity contribution < 1.29 is 14.3 Å². The molecule has 2 amide bonds. The van der Waals surface area contributed by atoms with Crippen molar-refractivity contribution in [1.29, 1.82) is 0 Å². The zero-order valence-corrected chi connectivity index (χ0v) is 19.4. The molecule has 0 radical (unpaired) electrons. The molecule has 8 heteroatoms. The monoisotopic (exact) mass is 449 g/mol. The second-order valence-electron chi connectivity index (χ2n) is 9.25. The van der Waals surface area contributed by atoms with Crippen LogP contribution in [0, 0.1) is 6.92 Å². The van der Waals surface area contributed by atoms with Crippen LogP contribution in [0.25, 0.3) is 0 Å². The Bertz CT molecular complexity index is 1070. The van der Waals surface area contributed by atoms with Crippen molar-refractivity contribution in [2.45, 2.75) is 45.1 Å². The van der Waals surface area contributed by atoms with Crippen LogP contribution in [0.15, 0.2) is 24.3 Å². The van der Waals surface area contributed by atoms with Gasteiger partial charge in [-0.05, 0) is 38.8 Å². The van der Waals surface area contributed by atoms with E-state index in [1.807, 2.05) is 36.1 Å². The smallest absolute Gasteiger partial charge is 0.236 e. The SMILES string of the molecule is COc1ccccc1CN1C(=O)Cc2c(C)nc(C3CCCN(CC(=O)N4CCC4)C3)nc21. The molecule has 2 saturated heterocycles. The third-order valence-electron chi connectivity index (χ3n) is 7.05. The second-order valence-corrected chi connectivity index (χ2v) is 9.25. The van der Waals surface area contributed by atoms with Crippen LogP contribution < -0.4 is 9.64 Å². The number of amides is 2. The maximum atomic E-state index is 12.9. The molecule has 5 rings (SSSR count). The van der Waals surface area contributed by atoms with Crippen LogP contribution in [-0.4, -0.2) is 71.4 Å². The van der Waals surface area contributed by atoms with Gasteiger partial charge in [-0.1, -0.05) is 18.2 Å². The second kappa shape index (κ2) is 9.09. The van der Waals surface area contributed by atoms with E-state index in [1.165, 1.54) is 0 Å². The Hall–Kier alpha value is -3.00. The van der Waals surface area contributed by atoms with Crippen molar-refractivity contribution in [2.75, 3.05) is 44.7 Å². The normalized spacial score (nSPS) is 20.5. The third kappa shape index (κ3) is 4.31. The highest BCUT2D eigenvalue weighted by atomic mass is 16.5. The molecule has 1 atom stereocenters.